The molecule has 0 spiro atoms. The van der Waals surface area contributed by atoms with Gasteiger partial charge in [-0.25, -0.2) is 4.79 Å². The maximum Gasteiger partial charge on any atom is 0.337 e. The van der Waals surface area contributed by atoms with Crippen LogP contribution < -0.4 is 10.1 Å². The zero-order valence-electron chi connectivity index (χ0n) is 13.8. The minimum atomic E-state index is -1.12. The Kier molecular flexibility index (Phi) is 5.64. The molecule has 0 saturated heterocycles. The zero-order chi connectivity index (χ0) is 19.4. The molecule has 0 unspecified atom stereocenters. The van der Waals surface area contributed by atoms with Crippen LogP contribution in [0, 0.1) is 0 Å². The number of amides is 1. The molecule has 3 aromatic rings. The van der Waals surface area contributed by atoms with E-state index in [1.807, 2.05) is 0 Å². The summed E-state index contributed by atoms with van der Waals surface area (Å²) >= 11 is 11.9. The van der Waals surface area contributed by atoms with Gasteiger partial charge in [-0.15, -0.1) is 0 Å². The lowest BCUT2D eigenvalue weighted by atomic mass is 10.1. The number of ether oxygens (including phenoxy) is 1. The second-order valence-electron chi connectivity index (χ2n) is 5.54. The van der Waals surface area contributed by atoms with Gasteiger partial charge in [0, 0.05) is 15.6 Å². The minimum absolute atomic E-state index is 0.0173. The maximum atomic E-state index is 12.4. The Balaban J connectivity index is 1.73. The van der Waals surface area contributed by atoms with Gasteiger partial charge in [0.2, 0.25) is 0 Å². The van der Waals surface area contributed by atoms with Crippen molar-refractivity contribution in [1.29, 1.82) is 0 Å². The molecule has 0 fully saturated rings. The maximum absolute atomic E-state index is 12.4. The molecule has 0 radical (unpaired) electrons. The summed E-state index contributed by atoms with van der Waals surface area (Å²) in [6.07, 6.45) is 0. The average Bonchev–Trinajstić information content (AvgIpc) is 2.61. The summed E-state index contributed by atoms with van der Waals surface area (Å²) in [6.45, 7) is 0. The lowest BCUT2D eigenvalue weighted by Gasteiger charge is -2.10. The van der Waals surface area contributed by atoms with E-state index in [1.54, 1.807) is 54.6 Å². The smallest absolute Gasteiger partial charge is 0.337 e. The molecule has 3 rings (SSSR count). The SMILES string of the molecule is O=C(Nc1ccccc1C(=O)O)c1ccc(Oc2cc(Cl)cc(Cl)c2)cc1. The fourth-order valence-corrected chi connectivity index (χ4v) is 2.88. The molecular weight excluding hydrogens is 389 g/mol. The number of hydrogen-bond donors (Lipinski definition) is 2. The van der Waals surface area contributed by atoms with E-state index in [2.05, 4.69) is 5.32 Å². The summed E-state index contributed by atoms with van der Waals surface area (Å²) in [5.74, 6) is -0.577. The molecule has 0 bridgehead atoms. The van der Waals surface area contributed by atoms with Gasteiger partial charge in [0.05, 0.1) is 11.3 Å². The van der Waals surface area contributed by atoms with Gasteiger partial charge in [-0.1, -0.05) is 35.3 Å². The van der Waals surface area contributed by atoms with E-state index in [0.29, 0.717) is 27.1 Å². The molecule has 7 heteroatoms. The number of carbonyl (C=O) groups is 2. The highest BCUT2D eigenvalue weighted by Crippen LogP contribution is 2.28. The van der Waals surface area contributed by atoms with Crippen LogP contribution in [0.1, 0.15) is 20.7 Å². The quantitative estimate of drug-likeness (QED) is 0.571. The number of carboxylic acids is 1. The van der Waals surface area contributed by atoms with E-state index in [9.17, 15) is 14.7 Å². The monoisotopic (exact) mass is 401 g/mol. The molecule has 0 aromatic heterocycles. The summed E-state index contributed by atoms with van der Waals surface area (Å²) in [4.78, 5) is 23.6. The van der Waals surface area contributed by atoms with Gasteiger partial charge >= 0.3 is 5.97 Å². The number of nitrogens with one attached hydrogen (secondary N) is 1. The van der Waals surface area contributed by atoms with E-state index in [-0.39, 0.29) is 11.3 Å². The normalized spacial score (nSPS) is 10.3. The Labute approximate surface area is 165 Å². The number of halogens is 2. The van der Waals surface area contributed by atoms with Crippen molar-refractivity contribution in [3.8, 4) is 11.5 Å². The van der Waals surface area contributed by atoms with Gasteiger partial charge < -0.3 is 15.2 Å². The topological polar surface area (TPSA) is 75.6 Å². The first-order chi connectivity index (χ1) is 12.9. The number of rotatable bonds is 5. The van der Waals surface area contributed by atoms with Crippen molar-refractivity contribution >= 4 is 40.8 Å². The van der Waals surface area contributed by atoms with Gasteiger partial charge in [-0.3, -0.25) is 4.79 Å². The summed E-state index contributed by atoms with van der Waals surface area (Å²) in [6, 6.07) is 17.4. The first-order valence-electron chi connectivity index (χ1n) is 7.80. The predicted molar refractivity (Wildman–Crippen MR) is 104 cm³/mol. The van der Waals surface area contributed by atoms with Gasteiger partial charge in [0.25, 0.3) is 5.91 Å². The summed E-state index contributed by atoms with van der Waals surface area (Å²) < 4.78 is 5.67. The first-order valence-corrected chi connectivity index (χ1v) is 8.55. The molecule has 0 aliphatic carbocycles. The van der Waals surface area contributed by atoms with Crippen molar-refractivity contribution in [2.75, 3.05) is 5.32 Å². The Morgan fingerprint density at radius 1 is 0.852 bits per heavy atom. The van der Waals surface area contributed by atoms with Crippen LogP contribution in [0.4, 0.5) is 5.69 Å². The van der Waals surface area contributed by atoms with Crippen molar-refractivity contribution in [2.24, 2.45) is 0 Å². The van der Waals surface area contributed by atoms with Crippen LogP contribution in [0.5, 0.6) is 11.5 Å². The third kappa shape index (κ3) is 4.78. The summed E-state index contributed by atoms with van der Waals surface area (Å²) in [5, 5.41) is 12.7. The minimum Gasteiger partial charge on any atom is -0.478 e. The molecule has 0 atom stereocenters. The van der Waals surface area contributed by atoms with Crippen LogP contribution in [0.25, 0.3) is 0 Å². The lowest BCUT2D eigenvalue weighted by molar-refractivity contribution is 0.0698. The standard InChI is InChI=1S/C20H13Cl2NO4/c21-13-9-14(22)11-16(10-13)27-15-7-5-12(6-8-15)19(24)23-18-4-2-1-3-17(18)20(25)26/h1-11H,(H,23,24)(H,25,26). The van der Waals surface area contributed by atoms with E-state index in [4.69, 9.17) is 27.9 Å². The van der Waals surface area contributed by atoms with Crippen LogP contribution in [0.15, 0.2) is 66.7 Å². The van der Waals surface area contributed by atoms with Gasteiger partial charge in [0.15, 0.2) is 0 Å². The van der Waals surface area contributed by atoms with Crippen LogP contribution in [-0.2, 0) is 0 Å². The lowest BCUT2D eigenvalue weighted by Crippen LogP contribution is -2.14. The van der Waals surface area contributed by atoms with Crippen LogP contribution in [0.2, 0.25) is 10.0 Å². The van der Waals surface area contributed by atoms with Crippen molar-refractivity contribution in [3.05, 3.63) is 87.9 Å². The van der Waals surface area contributed by atoms with Crippen LogP contribution in [0.3, 0.4) is 0 Å². The molecule has 0 heterocycles. The molecule has 0 aliphatic rings. The summed E-state index contributed by atoms with van der Waals surface area (Å²) in [7, 11) is 0. The van der Waals surface area contributed by atoms with Crippen LogP contribution >= 0.6 is 23.2 Å². The Hall–Kier alpha value is -3.02. The van der Waals surface area contributed by atoms with E-state index in [0.717, 1.165) is 0 Å². The van der Waals surface area contributed by atoms with Crippen molar-refractivity contribution in [1.82, 2.24) is 0 Å². The first kappa shape index (κ1) is 18.8. The highest BCUT2D eigenvalue weighted by molar-refractivity contribution is 6.34. The Morgan fingerprint density at radius 3 is 2.11 bits per heavy atom. The molecule has 2 N–H and O–H groups in total. The van der Waals surface area contributed by atoms with Crippen molar-refractivity contribution in [3.63, 3.8) is 0 Å². The number of anilines is 1. The molecule has 0 saturated carbocycles. The molecule has 3 aromatic carbocycles. The number of aromatic carboxylic acids is 1. The fourth-order valence-electron chi connectivity index (χ4n) is 2.37. The number of carboxylic acid groups (broad SMARTS) is 1. The average molecular weight is 402 g/mol. The molecule has 5 nitrogen and oxygen atoms in total. The second kappa shape index (κ2) is 8.12. The molecule has 27 heavy (non-hydrogen) atoms. The highest BCUT2D eigenvalue weighted by atomic mass is 35.5. The fraction of sp³-hybridized carbons (Fsp3) is 0. The number of hydrogen-bond acceptors (Lipinski definition) is 3. The second-order valence-corrected chi connectivity index (χ2v) is 6.41. The van der Waals surface area contributed by atoms with E-state index in [1.165, 1.54) is 12.1 Å². The molecule has 1 amide bonds. The van der Waals surface area contributed by atoms with Gasteiger partial charge in [-0.2, -0.15) is 0 Å². The predicted octanol–water partition coefficient (Wildman–Crippen LogP) is 5.74. The summed E-state index contributed by atoms with van der Waals surface area (Å²) in [5.41, 5.74) is 0.596. The number of para-hydroxylation sites is 1. The van der Waals surface area contributed by atoms with Gasteiger partial charge in [-0.05, 0) is 54.6 Å². The Bertz CT molecular complexity index is 983. The number of benzene rings is 3. The largest absolute Gasteiger partial charge is 0.478 e. The number of carbonyl (C=O) groups excluding carboxylic acids is 1. The van der Waals surface area contributed by atoms with Crippen LogP contribution in [-0.4, -0.2) is 17.0 Å². The molecule has 136 valence electrons. The Morgan fingerprint density at radius 2 is 1.48 bits per heavy atom. The highest BCUT2D eigenvalue weighted by Gasteiger charge is 2.13. The van der Waals surface area contributed by atoms with Gasteiger partial charge in [0.1, 0.15) is 11.5 Å². The molecular formula is C20H13Cl2NO4. The van der Waals surface area contributed by atoms with Crippen molar-refractivity contribution < 1.29 is 19.4 Å². The van der Waals surface area contributed by atoms with E-state index < -0.39 is 11.9 Å². The molecule has 0 aliphatic heterocycles. The third-order valence-corrected chi connectivity index (χ3v) is 4.03. The third-order valence-electron chi connectivity index (χ3n) is 3.59. The zero-order valence-corrected chi connectivity index (χ0v) is 15.3. The van der Waals surface area contributed by atoms with Crippen molar-refractivity contribution in [2.45, 2.75) is 0 Å². The van der Waals surface area contributed by atoms with E-state index >= 15 is 0 Å².